The SMILES string of the molecule is C=C/C=C\C=C(/C)[C@H]1c2ccccc2-c2ccc(Br)cc21. The molecule has 3 rings (SSSR count). The van der Waals surface area contributed by atoms with Crippen LogP contribution in [0.4, 0.5) is 0 Å². The molecular formula is C20H17Br. The highest BCUT2D eigenvalue weighted by Gasteiger charge is 2.29. The first kappa shape index (κ1) is 14.1. The molecule has 1 heteroatoms. The maximum absolute atomic E-state index is 3.72. The van der Waals surface area contributed by atoms with Gasteiger partial charge in [0.05, 0.1) is 0 Å². The van der Waals surface area contributed by atoms with Gasteiger partial charge in [-0.3, -0.25) is 0 Å². The largest absolute Gasteiger partial charge is 0.0991 e. The van der Waals surface area contributed by atoms with E-state index in [2.05, 4.69) is 84.0 Å². The van der Waals surface area contributed by atoms with E-state index in [0.29, 0.717) is 5.92 Å². The molecule has 0 aliphatic heterocycles. The average molecular weight is 337 g/mol. The van der Waals surface area contributed by atoms with Crippen LogP contribution in [0.1, 0.15) is 24.0 Å². The summed E-state index contributed by atoms with van der Waals surface area (Å²) in [7, 11) is 0. The van der Waals surface area contributed by atoms with Gasteiger partial charge in [-0.05, 0) is 41.3 Å². The monoisotopic (exact) mass is 336 g/mol. The van der Waals surface area contributed by atoms with Gasteiger partial charge in [0, 0.05) is 10.4 Å². The van der Waals surface area contributed by atoms with Gasteiger partial charge in [0.1, 0.15) is 0 Å². The smallest absolute Gasteiger partial charge is 0.0312 e. The molecule has 0 saturated carbocycles. The lowest BCUT2D eigenvalue weighted by Crippen LogP contribution is -1.98. The van der Waals surface area contributed by atoms with Crippen molar-refractivity contribution in [3.63, 3.8) is 0 Å². The van der Waals surface area contributed by atoms with Crippen molar-refractivity contribution in [2.45, 2.75) is 12.8 Å². The Kier molecular flexibility index (Phi) is 3.94. The minimum atomic E-state index is 0.336. The molecule has 0 heterocycles. The molecule has 1 aliphatic carbocycles. The Morgan fingerprint density at radius 2 is 1.81 bits per heavy atom. The first-order valence-corrected chi connectivity index (χ1v) is 7.86. The molecule has 2 aromatic carbocycles. The lowest BCUT2D eigenvalue weighted by molar-refractivity contribution is 0.978. The van der Waals surface area contributed by atoms with Crippen molar-refractivity contribution in [3.05, 3.63) is 94.5 Å². The van der Waals surface area contributed by atoms with Gasteiger partial charge < -0.3 is 0 Å². The van der Waals surface area contributed by atoms with Crippen LogP contribution in [0.15, 0.2) is 83.4 Å². The molecule has 21 heavy (non-hydrogen) atoms. The van der Waals surface area contributed by atoms with Gasteiger partial charge in [-0.25, -0.2) is 0 Å². The number of halogens is 1. The summed E-state index contributed by atoms with van der Waals surface area (Å²) < 4.78 is 1.13. The topological polar surface area (TPSA) is 0 Å². The summed E-state index contributed by atoms with van der Waals surface area (Å²) in [6, 6.07) is 15.3. The third-order valence-corrected chi connectivity index (χ3v) is 4.44. The van der Waals surface area contributed by atoms with Crippen LogP contribution in [-0.4, -0.2) is 0 Å². The van der Waals surface area contributed by atoms with Crippen LogP contribution in [0, 0.1) is 0 Å². The van der Waals surface area contributed by atoms with Gasteiger partial charge in [0.15, 0.2) is 0 Å². The first-order valence-electron chi connectivity index (χ1n) is 7.07. The highest BCUT2D eigenvalue weighted by atomic mass is 79.9. The van der Waals surface area contributed by atoms with Gasteiger partial charge >= 0.3 is 0 Å². The molecular weight excluding hydrogens is 320 g/mol. The van der Waals surface area contributed by atoms with Crippen molar-refractivity contribution in [3.8, 4) is 11.1 Å². The second kappa shape index (κ2) is 5.87. The maximum atomic E-state index is 3.72. The Labute approximate surface area is 134 Å². The Morgan fingerprint density at radius 3 is 2.62 bits per heavy atom. The molecule has 0 radical (unpaired) electrons. The molecule has 104 valence electrons. The van der Waals surface area contributed by atoms with E-state index >= 15 is 0 Å². The van der Waals surface area contributed by atoms with E-state index in [1.165, 1.54) is 27.8 Å². The summed E-state index contributed by atoms with van der Waals surface area (Å²) in [5.74, 6) is 0.336. The predicted molar refractivity (Wildman–Crippen MR) is 94.5 cm³/mol. The fraction of sp³-hybridized carbons (Fsp3) is 0.100. The van der Waals surface area contributed by atoms with Gasteiger partial charge in [0.25, 0.3) is 0 Å². The van der Waals surface area contributed by atoms with E-state index in [1.807, 2.05) is 6.08 Å². The van der Waals surface area contributed by atoms with Crippen LogP contribution in [-0.2, 0) is 0 Å². The van der Waals surface area contributed by atoms with Gasteiger partial charge in [-0.15, -0.1) is 0 Å². The minimum absolute atomic E-state index is 0.336. The van der Waals surface area contributed by atoms with Crippen LogP contribution < -0.4 is 0 Å². The molecule has 0 N–H and O–H groups in total. The summed E-state index contributed by atoms with van der Waals surface area (Å²) in [5, 5.41) is 0. The van der Waals surface area contributed by atoms with E-state index in [9.17, 15) is 0 Å². The summed E-state index contributed by atoms with van der Waals surface area (Å²) >= 11 is 3.60. The summed E-state index contributed by atoms with van der Waals surface area (Å²) in [6.45, 7) is 5.92. The standard InChI is InChI=1S/C20H17Br/c1-3-4-5-8-14(2)20-18-10-7-6-9-16(18)17-12-11-15(21)13-19(17)20/h3-13,20H,1H2,2H3/b5-4-,14-8+/t20-/m0/s1. The Hall–Kier alpha value is -1.86. The molecule has 0 saturated heterocycles. The van der Waals surface area contributed by atoms with Crippen molar-refractivity contribution in [2.24, 2.45) is 0 Å². The summed E-state index contributed by atoms with van der Waals surface area (Å²) in [5.41, 5.74) is 6.82. The second-order valence-electron chi connectivity index (χ2n) is 5.28. The Balaban J connectivity index is 2.16. The fourth-order valence-electron chi connectivity index (χ4n) is 3.05. The normalized spacial score (nSPS) is 16.9. The highest BCUT2D eigenvalue weighted by Crippen LogP contribution is 2.48. The molecule has 1 atom stereocenters. The number of hydrogen-bond donors (Lipinski definition) is 0. The quantitative estimate of drug-likeness (QED) is 0.581. The van der Waals surface area contributed by atoms with Gasteiger partial charge in [-0.1, -0.05) is 82.7 Å². The third kappa shape index (κ3) is 2.54. The summed E-state index contributed by atoms with van der Waals surface area (Å²) in [6.07, 6.45) is 8.00. The predicted octanol–water partition coefficient (Wildman–Crippen LogP) is 6.25. The molecule has 0 bridgehead atoms. The van der Waals surface area contributed by atoms with Gasteiger partial charge in [-0.2, -0.15) is 0 Å². The van der Waals surface area contributed by atoms with Crippen LogP contribution in [0.3, 0.4) is 0 Å². The minimum Gasteiger partial charge on any atom is -0.0991 e. The van der Waals surface area contributed by atoms with Crippen LogP contribution in [0.25, 0.3) is 11.1 Å². The molecule has 0 nitrogen and oxygen atoms in total. The lowest BCUT2D eigenvalue weighted by Gasteiger charge is -2.14. The summed E-state index contributed by atoms with van der Waals surface area (Å²) in [4.78, 5) is 0. The van der Waals surface area contributed by atoms with Gasteiger partial charge in [0.2, 0.25) is 0 Å². The van der Waals surface area contributed by atoms with Crippen molar-refractivity contribution < 1.29 is 0 Å². The van der Waals surface area contributed by atoms with Crippen LogP contribution in [0.2, 0.25) is 0 Å². The second-order valence-corrected chi connectivity index (χ2v) is 6.20. The van der Waals surface area contributed by atoms with Crippen molar-refractivity contribution in [2.75, 3.05) is 0 Å². The van der Waals surface area contributed by atoms with Crippen molar-refractivity contribution in [1.29, 1.82) is 0 Å². The van der Waals surface area contributed by atoms with Crippen molar-refractivity contribution >= 4 is 15.9 Å². The van der Waals surface area contributed by atoms with E-state index in [4.69, 9.17) is 0 Å². The molecule has 0 fully saturated rings. The zero-order valence-corrected chi connectivity index (χ0v) is 13.6. The molecule has 2 aromatic rings. The molecule has 0 spiro atoms. The van der Waals surface area contributed by atoms with Crippen LogP contribution >= 0.6 is 15.9 Å². The third-order valence-electron chi connectivity index (χ3n) is 3.95. The van der Waals surface area contributed by atoms with E-state index < -0.39 is 0 Å². The number of allylic oxidation sites excluding steroid dienone is 5. The van der Waals surface area contributed by atoms with Crippen LogP contribution in [0.5, 0.6) is 0 Å². The first-order chi connectivity index (χ1) is 10.2. The maximum Gasteiger partial charge on any atom is 0.0312 e. The number of hydrogen-bond acceptors (Lipinski definition) is 0. The highest BCUT2D eigenvalue weighted by molar-refractivity contribution is 9.10. The van der Waals surface area contributed by atoms with E-state index in [-0.39, 0.29) is 0 Å². The Morgan fingerprint density at radius 1 is 1.05 bits per heavy atom. The number of fused-ring (bicyclic) bond motifs is 3. The zero-order chi connectivity index (χ0) is 14.8. The lowest BCUT2D eigenvalue weighted by atomic mass is 9.90. The number of benzene rings is 2. The average Bonchev–Trinajstić information content (AvgIpc) is 2.80. The fourth-order valence-corrected chi connectivity index (χ4v) is 3.43. The molecule has 0 amide bonds. The Bertz CT molecular complexity index is 750. The zero-order valence-electron chi connectivity index (χ0n) is 12.0. The van der Waals surface area contributed by atoms with E-state index in [0.717, 1.165) is 4.47 Å². The van der Waals surface area contributed by atoms with E-state index in [1.54, 1.807) is 6.08 Å². The molecule has 0 unspecified atom stereocenters. The molecule has 1 aliphatic rings. The van der Waals surface area contributed by atoms with Crippen molar-refractivity contribution in [1.82, 2.24) is 0 Å². The molecule has 0 aromatic heterocycles. The number of rotatable bonds is 3.